The van der Waals surface area contributed by atoms with E-state index in [4.69, 9.17) is 4.74 Å². The van der Waals surface area contributed by atoms with Crippen molar-refractivity contribution in [3.8, 4) is 0 Å². The van der Waals surface area contributed by atoms with Crippen molar-refractivity contribution in [2.75, 3.05) is 12.4 Å². The van der Waals surface area contributed by atoms with Crippen molar-refractivity contribution in [1.82, 2.24) is 5.43 Å². The number of amides is 1. The molecular formula is C15H19N3O5S. The number of hydrogen-bond donors (Lipinski definition) is 1. The van der Waals surface area contributed by atoms with Crippen LogP contribution in [0.3, 0.4) is 0 Å². The summed E-state index contributed by atoms with van der Waals surface area (Å²) >= 11 is 1.36. The third-order valence-corrected chi connectivity index (χ3v) is 3.73. The molecule has 0 aromatic heterocycles. The number of carbonyl (C=O) groups is 2. The summed E-state index contributed by atoms with van der Waals surface area (Å²) < 4.78 is 4.78. The van der Waals surface area contributed by atoms with Crippen molar-refractivity contribution in [2.45, 2.75) is 26.0 Å². The monoisotopic (exact) mass is 353 g/mol. The lowest BCUT2D eigenvalue weighted by Crippen LogP contribution is -2.22. The van der Waals surface area contributed by atoms with Gasteiger partial charge < -0.3 is 4.74 Å². The van der Waals surface area contributed by atoms with Crippen molar-refractivity contribution in [3.05, 3.63) is 39.9 Å². The Hall–Kier alpha value is -2.42. The van der Waals surface area contributed by atoms with E-state index in [2.05, 4.69) is 10.5 Å². The molecule has 0 heterocycles. The fourth-order valence-electron chi connectivity index (χ4n) is 1.63. The van der Waals surface area contributed by atoms with Gasteiger partial charge in [0.2, 0.25) is 5.91 Å². The van der Waals surface area contributed by atoms with Crippen molar-refractivity contribution in [1.29, 1.82) is 0 Å². The molecule has 0 bridgehead atoms. The molecule has 24 heavy (non-hydrogen) atoms. The first-order valence-corrected chi connectivity index (χ1v) is 8.36. The molecule has 130 valence electrons. The number of hydrogen-bond acceptors (Lipinski definition) is 7. The lowest BCUT2D eigenvalue weighted by molar-refractivity contribution is -0.384. The molecule has 0 unspecified atom stereocenters. The quantitative estimate of drug-likeness (QED) is 0.315. The third-order valence-electron chi connectivity index (χ3n) is 2.73. The van der Waals surface area contributed by atoms with Gasteiger partial charge in [0.05, 0.1) is 23.7 Å². The average molecular weight is 353 g/mol. The number of nitro benzene ring substituents is 1. The van der Waals surface area contributed by atoms with Crippen molar-refractivity contribution in [2.24, 2.45) is 5.10 Å². The molecule has 0 saturated heterocycles. The second-order valence-corrected chi connectivity index (χ2v) is 5.77. The normalized spacial score (nSPS) is 11.0. The number of esters is 1. The lowest BCUT2D eigenvalue weighted by atomic mass is 10.2. The van der Waals surface area contributed by atoms with Gasteiger partial charge in [-0.2, -0.15) is 5.10 Å². The number of non-ortho nitro benzene ring substituents is 1. The van der Waals surface area contributed by atoms with E-state index in [-0.39, 0.29) is 29.7 Å². The van der Waals surface area contributed by atoms with Gasteiger partial charge in [-0.1, -0.05) is 12.1 Å². The Morgan fingerprint density at radius 1 is 1.33 bits per heavy atom. The predicted octanol–water partition coefficient (Wildman–Crippen LogP) is 2.27. The Kier molecular flexibility index (Phi) is 8.48. The molecule has 0 atom stereocenters. The predicted molar refractivity (Wildman–Crippen MR) is 91.8 cm³/mol. The molecule has 1 aromatic carbocycles. The zero-order valence-corrected chi connectivity index (χ0v) is 14.3. The molecule has 0 radical (unpaired) electrons. The number of carbonyl (C=O) groups excluding carboxylic acids is 2. The number of nitrogens with zero attached hydrogens (tertiary/aromatic N) is 2. The second kappa shape index (κ2) is 10.4. The van der Waals surface area contributed by atoms with Crippen LogP contribution in [-0.4, -0.2) is 34.9 Å². The van der Waals surface area contributed by atoms with Crippen LogP contribution < -0.4 is 5.43 Å². The minimum atomic E-state index is -0.457. The van der Waals surface area contributed by atoms with E-state index in [1.807, 2.05) is 0 Å². The van der Waals surface area contributed by atoms with Crippen LogP contribution in [0, 0.1) is 10.1 Å². The molecule has 0 aliphatic heterocycles. The number of thioether (sulfide) groups is 1. The van der Waals surface area contributed by atoms with E-state index in [0.29, 0.717) is 18.1 Å². The number of nitrogens with one attached hydrogen (secondary N) is 1. The molecule has 0 saturated carbocycles. The number of benzene rings is 1. The van der Waals surface area contributed by atoms with Gasteiger partial charge in [-0.25, -0.2) is 5.43 Å². The Bertz CT molecular complexity index is 616. The topological polar surface area (TPSA) is 111 Å². The minimum Gasteiger partial charge on any atom is -0.466 e. The largest absolute Gasteiger partial charge is 0.466 e. The number of hydrazone groups is 1. The van der Waals surface area contributed by atoms with Crippen LogP contribution in [-0.2, 0) is 20.1 Å². The summed E-state index contributed by atoms with van der Waals surface area (Å²) in [4.78, 5) is 33.0. The SMILES string of the molecule is CCOC(=O)C/C(C)=N\NC(=O)CSCc1ccc([N+](=O)[O-])cc1. The second-order valence-electron chi connectivity index (χ2n) is 4.78. The first-order valence-electron chi connectivity index (χ1n) is 7.21. The summed E-state index contributed by atoms with van der Waals surface area (Å²) in [6, 6.07) is 6.17. The number of nitro groups is 1. The van der Waals surface area contributed by atoms with E-state index in [0.717, 1.165) is 5.56 Å². The van der Waals surface area contributed by atoms with E-state index < -0.39 is 4.92 Å². The average Bonchev–Trinajstić information content (AvgIpc) is 2.53. The fraction of sp³-hybridized carbons (Fsp3) is 0.400. The van der Waals surface area contributed by atoms with Crippen LogP contribution in [0.4, 0.5) is 5.69 Å². The van der Waals surface area contributed by atoms with Gasteiger partial charge >= 0.3 is 5.97 Å². The first kappa shape index (κ1) is 19.6. The first-order chi connectivity index (χ1) is 11.4. The van der Waals surface area contributed by atoms with Gasteiger partial charge in [0.1, 0.15) is 0 Å². The minimum absolute atomic E-state index is 0.0318. The molecular weight excluding hydrogens is 334 g/mol. The van der Waals surface area contributed by atoms with Gasteiger partial charge in [-0.15, -0.1) is 11.8 Å². The Morgan fingerprint density at radius 3 is 2.58 bits per heavy atom. The Morgan fingerprint density at radius 2 is 2.00 bits per heavy atom. The summed E-state index contributed by atoms with van der Waals surface area (Å²) in [5.74, 6) is 0.0649. The molecule has 1 rings (SSSR count). The van der Waals surface area contributed by atoms with E-state index in [9.17, 15) is 19.7 Å². The van der Waals surface area contributed by atoms with E-state index in [1.165, 1.54) is 23.9 Å². The van der Waals surface area contributed by atoms with E-state index in [1.54, 1.807) is 26.0 Å². The molecule has 0 aliphatic rings. The summed E-state index contributed by atoms with van der Waals surface area (Å²) in [5, 5.41) is 14.4. The van der Waals surface area contributed by atoms with Gasteiger partial charge in [0.25, 0.3) is 5.69 Å². The van der Waals surface area contributed by atoms with Crippen molar-refractivity contribution in [3.63, 3.8) is 0 Å². The van der Waals surface area contributed by atoms with Crippen LogP contribution in [0.5, 0.6) is 0 Å². The standard InChI is InChI=1S/C15H19N3O5S/c1-3-23-15(20)8-11(2)16-17-14(19)10-24-9-12-4-6-13(7-5-12)18(21)22/h4-7H,3,8-10H2,1-2H3,(H,17,19)/b16-11-. The summed E-state index contributed by atoms with van der Waals surface area (Å²) in [6.45, 7) is 3.65. The Labute approximate surface area is 143 Å². The van der Waals surface area contributed by atoms with Crippen LogP contribution in [0.15, 0.2) is 29.4 Å². The highest BCUT2D eigenvalue weighted by Crippen LogP contribution is 2.16. The van der Waals surface area contributed by atoms with Crippen LogP contribution in [0.2, 0.25) is 0 Å². The van der Waals surface area contributed by atoms with Gasteiger partial charge in [-0.05, 0) is 19.4 Å². The van der Waals surface area contributed by atoms with Gasteiger partial charge in [-0.3, -0.25) is 19.7 Å². The molecule has 1 amide bonds. The smallest absolute Gasteiger partial charge is 0.311 e. The molecule has 8 nitrogen and oxygen atoms in total. The lowest BCUT2D eigenvalue weighted by Gasteiger charge is -2.03. The molecule has 1 N–H and O–H groups in total. The summed E-state index contributed by atoms with van der Waals surface area (Å²) in [7, 11) is 0. The Balaban J connectivity index is 2.30. The fourth-order valence-corrected chi connectivity index (χ4v) is 2.41. The zero-order chi connectivity index (χ0) is 17.9. The number of ether oxygens (including phenoxy) is 1. The third kappa shape index (κ3) is 7.73. The summed E-state index contributed by atoms with van der Waals surface area (Å²) in [6.07, 6.45) is 0.0318. The maximum absolute atomic E-state index is 11.6. The molecule has 0 aliphatic carbocycles. The highest BCUT2D eigenvalue weighted by molar-refractivity contribution is 7.99. The maximum Gasteiger partial charge on any atom is 0.311 e. The van der Waals surface area contributed by atoms with Crippen molar-refractivity contribution >= 4 is 35.0 Å². The molecule has 0 fully saturated rings. The summed E-state index contributed by atoms with van der Waals surface area (Å²) in [5.41, 5.74) is 3.76. The maximum atomic E-state index is 11.6. The molecule has 9 heteroatoms. The van der Waals surface area contributed by atoms with E-state index >= 15 is 0 Å². The zero-order valence-electron chi connectivity index (χ0n) is 13.5. The molecule has 1 aromatic rings. The van der Waals surface area contributed by atoms with Crippen molar-refractivity contribution < 1.29 is 19.2 Å². The van der Waals surface area contributed by atoms with Gasteiger partial charge in [0, 0.05) is 23.6 Å². The van der Waals surface area contributed by atoms with Crippen LogP contribution in [0.1, 0.15) is 25.8 Å². The highest BCUT2D eigenvalue weighted by Gasteiger charge is 2.07. The van der Waals surface area contributed by atoms with Crippen LogP contribution in [0.25, 0.3) is 0 Å². The number of rotatable bonds is 9. The highest BCUT2D eigenvalue weighted by atomic mass is 32.2. The van der Waals surface area contributed by atoms with Gasteiger partial charge in [0.15, 0.2) is 0 Å². The van der Waals surface area contributed by atoms with Crippen LogP contribution >= 0.6 is 11.8 Å². The molecule has 0 spiro atoms.